The average molecular weight is 332 g/mol. The first-order valence-electron chi connectivity index (χ1n) is 8.01. The van der Waals surface area contributed by atoms with E-state index < -0.39 is 0 Å². The fourth-order valence-electron chi connectivity index (χ4n) is 3.06. The summed E-state index contributed by atoms with van der Waals surface area (Å²) in [4.78, 5) is 4.52. The second kappa shape index (κ2) is 6.06. The van der Waals surface area contributed by atoms with Crippen LogP contribution in [0.5, 0.6) is 5.75 Å². The van der Waals surface area contributed by atoms with Gasteiger partial charge in [-0.15, -0.1) is 0 Å². The monoisotopic (exact) mass is 332 g/mol. The van der Waals surface area contributed by atoms with Crippen molar-refractivity contribution >= 4 is 10.8 Å². The lowest BCUT2D eigenvalue weighted by Crippen LogP contribution is -1.95. The number of aromatic nitrogens is 2. The van der Waals surface area contributed by atoms with Gasteiger partial charge in [-0.2, -0.15) is 0 Å². The molecule has 0 atom stereocenters. The molecule has 0 unspecified atom stereocenters. The van der Waals surface area contributed by atoms with Gasteiger partial charge in [-0.1, -0.05) is 18.2 Å². The molecule has 4 rings (SSSR count). The van der Waals surface area contributed by atoms with Gasteiger partial charge in [0.1, 0.15) is 17.4 Å². The minimum atomic E-state index is -0.247. The third-order valence-electron chi connectivity index (χ3n) is 4.43. The van der Waals surface area contributed by atoms with Crippen molar-refractivity contribution in [3.63, 3.8) is 0 Å². The maximum absolute atomic E-state index is 13.1. The van der Waals surface area contributed by atoms with Gasteiger partial charge in [0.15, 0.2) is 0 Å². The topological polar surface area (TPSA) is 27.1 Å². The molecule has 0 spiro atoms. The number of methoxy groups -OCH3 is 1. The first kappa shape index (κ1) is 15.4. The lowest BCUT2D eigenvalue weighted by Gasteiger charge is -2.08. The van der Waals surface area contributed by atoms with Crippen LogP contribution in [0.3, 0.4) is 0 Å². The van der Waals surface area contributed by atoms with E-state index in [1.54, 1.807) is 19.2 Å². The Kier molecular flexibility index (Phi) is 3.73. The van der Waals surface area contributed by atoms with Gasteiger partial charge in [0.2, 0.25) is 0 Å². The van der Waals surface area contributed by atoms with E-state index in [-0.39, 0.29) is 5.82 Å². The molecule has 0 saturated heterocycles. The van der Waals surface area contributed by atoms with Gasteiger partial charge in [0.25, 0.3) is 0 Å². The maximum atomic E-state index is 13.1. The minimum absolute atomic E-state index is 0.247. The largest absolute Gasteiger partial charge is 0.497 e. The summed E-state index contributed by atoms with van der Waals surface area (Å²) < 4.78 is 20.4. The van der Waals surface area contributed by atoms with Gasteiger partial charge in [0, 0.05) is 18.2 Å². The summed E-state index contributed by atoms with van der Waals surface area (Å²) in [6, 6.07) is 18.7. The van der Waals surface area contributed by atoms with Crippen LogP contribution in [0.1, 0.15) is 0 Å². The highest BCUT2D eigenvalue weighted by atomic mass is 19.1. The zero-order valence-electron chi connectivity index (χ0n) is 14.0. The summed E-state index contributed by atoms with van der Waals surface area (Å²) in [6.45, 7) is 0. The van der Waals surface area contributed by atoms with Gasteiger partial charge in [-0.25, -0.2) is 9.37 Å². The SMILES string of the molecule is COc1ccc2cc(-c3cnc(-c4ccc(F)cc4)n3C)ccc2c1. The molecule has 0 saturated carbocycles. The molecule has 1 heterocycles. The lowest BCUT2D eigenvalue weighted by atomic mass is 10.0. The maximum Gasteiger partial charge on any atom is 0.140 e. The molecule has 0 radical (unpaired) electrons. The molecule has 124 valence electrons. The summed E-state index contributed by atoms with van der Waals surface area (Å²) in [5.74, 6) is 1.41. The molecule has 0 amide bonds. The smallest absolute Gasteiger partial charge is 0.140 e. The van der Waals surface area contributed by atoms with Crippen LogP contribution in [-0.4, -0.2) is 16.7 Å². The van der Waals surface area contributed by atoms with Crippen LogP contribution in [-0.2, 0) is 7.05 Å². The Morgan fingerprint density at radius 3 is 2.32 bits per heavy atom. The number of ether oxygens (including phenoxy) is 1. The van der Waals surface area contributed by atoms with E-state index in [1.165, 1.54) is 12.1 Å². The van der Waals surface area contributed by atoms with Crippen molar-refractivity contribution in [2.75, 3.05) is 7.11 Å². The van der Waals surface area contributed by atoms with Crippen LogP contribution in [0.4, 0.5) is 4.39 Å². The van der Waals surface area contributed by atoms with Crippen LogP contribution < -0.4 is 4.74 Å². The number of halogens is 1. The predicted octanol–water partition coefficient (Wildman–Crippen LogP) is 5.06. The van der Waals surface area contributed by atoms with E-state index in [2.05, 4.69) is 29.2 Å². The van der Waals surface area contributed by atoms with Gasteiger partial charge >= 0.3 is 0 Å². The summed E-state index contributed by atoms with van der Waals surface area (Å²) in [7, 11) is 3.64. The second-order valence-corrected chi connectivity index (χ2v) is 5.96. The fourth-order valence-corrected chi connectivity index (χ4v) is 3.06. The Morgan fingerprint density at radius 2 is 1.56 bits per heavy atom. The van der Waals surface area contributed by atoms with Crippen LogP contribution in [0, 0.1) is 5.82 Å². The summed E-state index contributed by atoms with van der Waals surface area (Å²) in [5, 5.41) is 2.27. The summed E-state index contributed by atoms with van der Waals surface area (Å²) in [6.07, 6.45) is 1.85. The minimum Gasteiger partial charge on any atom is -0.497 e. The Hall–Kier alpha value is -3.14. The quantitative estimate of drug-likeness (QED) is 0.524. The number of imidazole rings is 1. The van der Waals surface area contributed by atoms with Crippen molar-refractivity contribution in [2.45, 2.75) is 0 Å². The third kappa shape index (κ3) is 2.76. The van der Waals surface area contributed by atoms with Gasteiger partial charge < -0.3 is 9.30 Å². The van der Waals surface area contributed by atoms with Crippen LogP contribution in [0.25, 0.3) is 33.4 Å². The van der Waals surface area contributed by atoms with E-state index in [9.17, 15) is 4.39 Å². The van der Waals surface area contributed by atoms with Crippen LogP contribution >= 0.6 is 0 Å². The predicted molar refractivity (Wildman–Crippen MR) is 98.1 cm³/mol. The van der Waals surface area contributed by atoms with Crippen LogP contribution in [0.2, 0.25) is 0 Å². The molecule has 0 fully saturated rings. The Balaban J connectivity index is 1.77. The lowest BCUT2D eigenvalue weighted by molar-refractivity contribution is 0.415. The first-order chi connectivity index (χ1) is 12.2. The zero-order chi connectivity index (χ0) is 17.4. The van der Waals surface area contributed by atoms with Gasteiger partial charge in [0.05, 0.1) is 19.0 Å². The molecule has 0 aliphatic carbocycles. The van der Waals surface area contributed by atoms with Crippen molar-refractivity contribution in [2.24, 2.45) is 7.05 Å². The van der Waals surface area contributed by atoms with Gasteiger partial charge in [-0.05, 0) is 53.2 Å². The first-order valence-corrected chi connectivity index (χ1v) is 8.01. The van der Waals surface area contributed by atoms with E-state index in [4.69, 9.17) is 4.74 Å². The fraction of sp³-hybridized carbons (Fsp3) is 0.0952. The van der Waals surface area contributed by atoms with Crippen molar-refractivity contribution in [1.29, 1.82) is 0 Å². The third-order valence-corrected chi connectivity index (χ3v) is 4.43. The molecule has 0 N–H and O–H groups in total. The highest BCUT2D eigenvalue weighted by Crippen LogP contribution is 2.29. The van der Waals surface area contributed by atoms with Crippen molar-refractivity contribution in [1.82, 2.24) is 9.55 Å². The molecule has 3 nitrogen and oxygen atoms in total. The normalized spacial score (nSPS) is 11.0. The Morgan fingerprint density at radius 1 is 0.880 bits per heavy atom. The Labute approximate surface area is 145 Å². The van der Waals surface area contributed by atoms with Crippen molar-refractivity contribution in [3.05, 3.63) is 72.7 Å². The van der Waals surface area contributed by atoms with E-state index in [0.717, 1.165) is 39.2 Å². The number of rotatable bonds is 3. The van der Waals surface area contributed by atoms with Crippen molar-refractivity contribution < 1.29 is 9.13 Å². The Bertz CT molecular complexity index is 1050. The summed E-state index contributed by atoms with van der Waals surface area (Å²) >= 11 is 0. The summed E-state index contributed by atoms with van der Waals surface area (Å²) in [5.41, 5.74) is 2.98. The highest BCUT2D eigenvalue weighted by Gasteiger charge is 2.11. The number of hydrogen-bond donors (Lipinski definition) is 0. The molecular formula is C21H17FN2O. The molecule has 0 aliphatic heterocycles. The molecule has 4 aromatic rings. The molecule has 25 heavy (non-hydrogen) atoms. The standard InChI is InChI=1S/C21H17FN2O/c1-24-20(13-23-21(24)14-5-8-18(22)9-6-14)17-4-3-16-12-19(25-2)10-7-15(16)11-17/h3-13H,1-2H3. The number of fused-ring (bicyclic) bond motifs is 1. The molecular weight excluding hydrogens is 315 g/mol. The van der Waals surface area contributed by atoms with E-state index >= 15 is 0 Å². The average Bonchev–Trinajstić information content (AvgIpc) is 3.03. The van der Waals surface area contributed by atoms with Crippen LogP contribution in [0.15, 0.2) is 66.9 Å². The number of benzene rings is 3. The molecule has 1 aromatic heterocycles. The zero-order valence-corrected chi connectivity index (χ0v) is 14.0. The van der Waals surface area contributed by atoms with Crippen molar-refractivity contribution in [3.8, 4) is 28.4 Å². The van der Waals surface area contributed by atoms with E-state index in [0.29, 0.717) is 0 Å². The number of hydrogen-bond acceptors (Lipinski definition) is 2. The second-order valence-electron chi connectivity index (χ2n) is 5.96. The molecule has 0 aliphatic rings. The molecule has 4 heteroatoms. The van der Waals surface area contributed by atoms with E-state index in [1.807, 2.05) is 29.9 Å². The van der Waals surface area contributed by atoms with Gasteiger partial charge in [-0.3, -0.25) is 0 Å². The molecule has 3 aromatic carbocycles. The molecule has 0 bridgehead atoms. The highest BCUT2D eigenvalue weighted by molar-refractivity contribution is 5.88. The number of nitrogens with zero attached hydrogens (tertiary/aromatic N) is 2.